The molecule has 0 radical (unpaired) electrons. The van der Waals surface area contributed by atoms with E-state index in [1.54, 1.807) is 36.9 Å². The van der Waals surface area contributed by atoms with Crippen molar-refractivity contribution in [3.63, 3.8) is 0 Å². The van der Waals surface area contributed by atoms with Gasteiger partial charge in [0.25, 0.3) is 10.0 Å². The van der Waals surface area contributed by atoms with Crippen LogP contribution in [0.4, 0.5) is 5.69 Å². The largest absolute Gasteiger partial charge is 0.276 e. The second-order valence-electron chi connectivity index (χ2n) is 5.67. The number of hydrogen-bond acceptors (Lipinski definition) is 3. The van der Waals surface area contributed by atoms with Crippen molar-refractivity contribution < 1.29 is 8.42 Å². The maximum absolute atomic E-state index is 12.8. The number of nitrogens with zero attached hydrogens (tertiary/aromatic N) is 2. The zero-order valence-corrected chi connectivity index (χ0v) is 14.6. The summed E-state index contributed by atoms with van der Waals surface area (Å²) in [6.07, 6.45) is 0. The van der Waals surface area contributed by atoms with Crippen LogP contribution in [0.3, 0.4) is 0 Å². The Balaban J connectivity index is 1.99. The molecule has 0 bridgehead atoms. The highest BCUT2D eigenvalue weighted by molar-refractivity contribution is 7.92. The highest BCUT2D eigenvalue weighted by Crippen LogP contribution is 2.26. The Morgan fingerprint density at radius 1 is 0.958 bits per heavy atom. The number of anilines is 1. The summed E-state index contributed by atoms with van der Waals surface area (Å²) < 4.78 is 29.8. The Kier molecular flexibility index (Phi) is 4.15. The van der Waals surface area contributed by atoms with Gasteiger partial charge in [0.1, 0.15) is 0 Å². The first-order valence-corrected chi connectivity index (χ1v) is 9.05. The van der Waals surface area contributed by atoms with Gasteiger partial charge < -0.3 is 0 Å². The summed E-state index contributed by atoms with van der Waals surface area (Å²) in [7, 11) is -1.89. The molecule has 24 heavy (non-hydrogen) atoms. The Labute approximate surface area is 142 Å². The van der Waals surface area contributed by atoms with E-state index in [4.69, 9.17) is 0 Å². The molecule has 3 rings (SSSR count). The highest BCUT2D eigenvalue weighted by Gasteiger charge is 2.19. The SMILES string of the molecule is Cc1nn(C)c(C)c1NS(=O)(=O)c1cccc(-c2ccccc2)c1. The summed E-state index contributed by atoms with van der Waals surface area (Å²) in [5, 5.41) is 4.24. The molecule has 0 aliphatic carbocycles. The third kappa shape index (κ3) is 3.05. The molecule has 0 aliphatic heterocycles. The van der Waals surface area contributed by atoms with Crippen molar-refractivity contribution in [3.05, 3.63) is 66.0 Å². The normalized spacial score (nSPS) is 11.5. The fraction of sp³-hybridized carbons (Fsp3) is 0.167. The van der Waals surface area contributed by atoms with Crippen LogP contribution >= 0.6 is 0 Å². The van der Waals surface area contributed by atoms with Crippen LogP contribution in [0.15, 0.2) is 59.5 Å². The summed E-state index contributed by atoms with van der Waals surface area (Å²) in [5.74, 6) is 0. The molecule has 0 saturated carbocycles. The zero-order valence-electron chi connectivity index (χ0n) is 13.8. The third-order valence-electron chi connectivity index (χ3n) is 4.00. The number of aromatic nitrogens is 2. The Morgan fingerprint density at radius 2 is 1.62 bits per heavy atom. The molecular weight excluding hydrogens is 322 g/mol. The Bertz CT molecular complexity index is 977. The molecule has 0 saturated heterocycles. The van der Waals surface area contributed by atoms with Gasteiger partial charge in [0.05, 0.1) is 22.0 Å². The number of aryl methyl sites for hydroxylation is 2. The zero-order chi connectivity index (χ0) is 17.3. The van der Waals surface area contributed by atoms with Gasteiger partial charge in [0.15, 0.2) is 0 Å². The van der Waals surface area contributed by atoms with E-state index < -0.39 is 10.0 Å². The maximum atomic E-state index is 12.8. The van der Waals surface area contributed by atoms with E-state index in [-0.39, 0.29) is 4.90 Å². The molecule has 0 aliphatic rings. The molecule has 1 aromatic heterocycles. The van der Waals surface area contributed by atoms with Crippen LogP contribution in [0.25, 0.3) is 11.1 Å². The van der Waals surface area contributed by atoms with E-state index in [0.29, 0.717) is 11.4 Å². The third-order valence-corrected chi connectivity index (χ3v) is 5.34. The first-order chi connectivity index (χ1) is 11.4. The van der Waals surface area contributed by atoms with Crippen LogP contribution in [-0.4, -0.2) is 18.2 Å². The topological polar surface area (TPSA) is 64.0 Å². The van der Waals surface area contributed by atoms with Crippen molar-refractivity contribution in [3.8, 4) is 11.1 Å². The van der Waals surface area contributed by atoms with Gasteiger partial charge in [-0.05, 0) is 37.1 Å². The van der Waals surface area contributed by atoms with Crippen molar-refractivity contribution in [1.29, 1.82) is 0 Å². The molecule has 3 aromatic rings. The predicted molar refractivity (Wildman–Crippen MR) is 95.4 cm³/mol. The lowest BCUT2D eigenvalue weighted by Crippen LogP contribution is -2.14. The van der Waals surface area contributed by atoms with Crippen LogP contribution in [0.5, 0.6) is 0 Å². The monoisotopic (exact) mass is 341 g/mol. The Morgan fingerprint density at radius 3 is 2.25 bits per heavy atom. The number of sulfonamides is 1. The van der Waals surface area contributed by atoms with Gasteiger partial charge in [0.2, 0.25) is 0 Å². The maximum Gasteiger partial charge on any atom is 0.262 e. The lowest BCUT2D eigenvalue weighted by atomic mass is 10.1. The van der Waals surface area contributed by atoms with E-state index in [1.165, 1.54) is 0 Å². The van der Waals surface area contributed by atoms with E-state index in [2.05, 4.69) is 9.82 Å². The number of rotatable bonds is 4. The minimum Gasteiger partial charge on any atom is -0.276 e. The van der Waals surface area contributed by atoms with Gasteiger partial charge in [-0.15, -0.1) is 0 Å². The van der Waals surface area contributed by atoms with Crippen molar-refractivity contribution in [2.75, 3.05) is 4.72 Å². The first kappa shape index (κ1) is 16.3. The van der Waals surface area contributed by atoms with Crippen LogP contribution in [0.2, 0.25) is 0 Å². The summed E-state index contributed by atoms with van der Waals surface area (Å²) in [6.45, 7) is 3.61. The van der Waals surface area contributed by atoms with Gasteiger partial charge in [-0.2, -0.15) is 5.10 Å². The molecule has 0 fully saturated rings. The fourth-order valence-electron chi connectivity index (χ4n) is 2.59. The molecule has 0 spiro atoms. The van der Waals surface area contributed by atoms with E-state index in [1.807, 2.05) is 43.3 Å². The van der Waals surface area contributed by atoms with Crippen molar-refractivity contribution in [2.24, 2.45) is 7.05 Å². The molecule has 6 heteroatoms. The van der Waals surface area contributed by atoms with Crippen LogP contribution in [0.1, 0.15) is 11.4 Å². The van der Waals surface area contributed by atoms with Crippen LogP contribution in [-0.2, 0) is 17.1 Å². The minimum absolute atomic E-state index is 0.228. The van der Waals surface area contributed by atoms with Crippen LogP contribution < -0.4 is 4.72 Å². The molecular formula is C18H19N3O2S. The Hall–Kier alpha value is -2.60. The molecule has 0 amide bonds. The fourth-order valence-corrected chi connectivity index (χ4v) is 3.81. The average Bonchev–Trinajstić information content (AvgIpc) is 2.82. The number of hydrogen-bond donors (Lipinski definition) is 1. The molecule has 0 atom stereocenters. The number of nitrogens with one attached hydrogen (secondary N) is 1. The van der Waals surface area contributed by atoms with Gasteiger partial charge in [-0.3, -0.25) is 9.40 Å². The van der Waals surface area contributed by atoms with Crippen molar-refractivity contribution in [1.82, 2.24) is 9.78 Å². The van der Waals surface area contributed by atoms with E-state index >= 15 is 0 Å². The molecule has 2 aromatic carbocycles. The molecule has 0 unspecified atom stereocenters. The van der Waals surface area contributed by atoms with Gasteiger partial charge in [-0.1, -0.05) is 42.5 Å². The lowest BCUT2D eigenvalue weighted by molar-refractivity contribution is 0.601. The summed E-state index contributed by atoms with van der Waals surface area (Å²) in [5.41, 5.74) is 3.79. The lowest BCUT2D eigenvalue weighted by Gasteiger charge is -2.10. The second-order valence-corrected chi connectivity index (χ2v) is 7.35. The van der Waals surface area contributed by atoms with Gasteiger partial charge in [-0.25, -0.2) is 8.42 Å². The quantitative estimate of drug-likeness (QED) is 0.790. The van der Waals surface area contributed by atoms with E-state index in [0.717, 1.165) is 16.8 Å². The van der Waals surface area contributed by atoms with Crippen molar-refractivity contribution >= 4 is 15.7 Å². The average molecular weight is 341 g/mol. The van der Waals surface area contributed by atoms with Crippen LogP contribution in [0, 0.1) is 13.8 Å². The summed E-state index contributed by atoms with van der Waals surface area (Å²) in [6, 6.07) is 16.6. The highest BCUT2D eigenvalue weighted by atomic mass is 32.2. The smallest absolute Gasteiger partial charge is 0.262 e. The molecule has 1 heterocycles. The molecule has 1 N–H and O–H groups in total. The molecule has 5 nitrogen and oxygen atoms in total. The second kappa shape index (κ2) is 6.13. The van der Waals surface area contributed by atoms with Gasteiger partial charge in [0, 0.05) is 7.05 Å². The predicted octanol–water partition coefficient (Wildman–Crippen LogP) is 3.50. The van der Waals surface area contributed by atoms with Gasteiger partial charge >= 0.3 is 0 Å². The van der Waals surface area contributed by atoms with Crippen molar-refractivity contribution in [2.45, 2.75) is 18.7 Å². The molecule has 124 valence electrons. The standard InChI is InChI=1S/C18H19N3O2S/c1-13-18(14(2)21(3)19-13)20-24(22,23)17-11-7-10-16(12-17)15-8-5-4-6-9-15/h4-12,20H,1-3H3. The minimum atomic E-state index is -3.68. The first-order valence-electron chi connectivity index (χ1n) is 7.57. The summed E-state index contributed by atoms with van der Waals surface area (Å²) in [4.78, 5) is 0.228. The number of benzene rings is 2. The summed E-state index contributed by atoms with van der Waals surface area (Å²) >= 11 is 0. The van der Waals surface area contributed by atoms with E-state index in [9.17, 15) is 8.42 Å².